The summed E-state index contributed by atoms with van der Waals surface area (Å²) in [4.78, 5) is 24.6. The van der Waals surface area contributed by atoms with Gasteiger partial charge >= 0.3 is 5.97 Å². The first-order valence-corrected chi connectivity index (χ1v) is 11.2. The number of Topliss-reactive ketones (excluding diaryl/α,β-unsaturated/α-hetero) is 1. The van der Waals surface area contributed by atoms with Crippen molar-refractivity contribution < 1.29 is 22.7 Å². The summed E-state index contributed by atoms with van der Waals surface area (Å²) in [7, 11) is -3.88. The lowest BCUT2D eigenvalue weighted by molar-refractivity contribution is -0.129. The van der Waals surface area contributed by atoms with Gasteiger partial charge in [0.15, 0.2) is 11.9 Å². The van der Waals surface area contributed by atoms with E-state index in [0.29, 0.717) is 24.1 Å². The zero-order chi connectivity index (χ0) is 21.0. The number of aryl methyl sites for hydroxylation is 1. The molecule has 2 aromatic rings. The van der Waals surface area contributed by atoms with Gasteiger partial charge in [0.05, 0.1) is 16.1 Å². The Bertz CT molecular complexity index is 1000. The highest BCUT2D eigenvalue weighted by molar-refractivity contribution is 7.92. The minimum atomic E-state index is -3.88. The van der Waals surface area contributed by atoms with Crippen LogP contribution < -0.4 is 4.31 Å². The number of anilines is 1. The molecule has 0 aliphatic heterocycles. The van der Waals surface area contributed by atoms with Gasteiger partial charge in [-0.05, 0) is 62.9 Å². The van der Waals surface area contributed by atoms with Crippen LogP contribution in [-0.2, 0) is 19.6 Å². The first kappa shape index (κ1) is 21.0. The van der Waals surface area contributed by atoms with Crippen LogP contribution in [0.4, 0.5) is 5.69 Å². The first-order valence-electron chi connectivity index (χ1n) is 9.76. The number of esters is 1. The van der Waals surface area contributed by atoms with Gasteiger partial charge in [-0.25, -0.2) is 13.2 Å². The third kappa shape index (κ3) is 4.50. The van der Waals surface area contributed by atoms with E-state index >= 15 is 0 Å². The molecule has 2 aromatic carbocycles. The van der Waals surface area contributed by atoms with Crippen LogP contribution in [0.25, 0.3) is 0 Å². The highest BCUT2D eigenvalue weighted by atomic mass is 32.2. The number of para-hydroxylation sites is 1. The quantitative estimate of drug-likeness (QED) is 0.669. The molecule has 0 heterocycles. The molecule has 0 aromatic heterocycles. The molecule has 7 heteroatoms. The molecule has 1 saturated carbocycles. The second-order valence-electron chi connectivity index (χ2n) is 7.09. The summed E-state index contributed by atoms with van der Waals surface area (Å²) < 4.78 is 33.3. The molecule has 0 amide bonds. The molecule has 1 aliphatic carbocycles. The number of hydrogen-bond donors (Lipinski definition) is 0. The van der Waals surface area contributed by atoms with Gasteiger partial charge in [-0.15, -0.1) is 0 Å². The Balaban J connectivity index is 1.91. The van der Waals surface area contributed by atoms with Gasteiger partial charge in [-0.1, -0.05) is 24.3 Å². The summed E-state index contributed by atoms with van der Waals surface area (Å²) in [5.74, 6) is -0.754. The Morgan fingerprint density at radius 3 is 2.52 bits per heavy atom. The predicted molar refractivity (Wildman–Crippen MR) is 111 cm³/mol. The Hall–Kier alpha value is -2.67. The highest BCUT2D eigenvalue weighted by Gasteiger charge is 2.29. The van der Waals surface area contributed by atoms with Crippen LogP contribution in [0.1, 0.15) is 48.5 Å². The molecule has 1 atom stereocenters. The van der Waals surface area contributed by atoms with E-state index in [-0.39, 0.29) is 22.8 Å². The largest absolute Gasteiger partial charge is 0.451 e. The topological polar surface area (TPSA) is 80.8 Å². The van der Waals surface area contributed by atoms with E-state index in [1.54, 1.807) is 44.2 Å². The summed E-state index contributed by atoms with van der Waals surface area (Å²) in [6, 6.07) is 13.3. The molecule has 154 valence electrons. The van der Waals surface area contributed by atoms with Crippen molar-refractivity contribution in [2.45, 2.75) is 50.5 Å². The minimum Gasteiger partial charge on any atom is -0.451 e. The molecular formula is C22H25NO5S. The van der Waals surface area contributed by atoms with E-state index in [2.05, 4.69) is 0 Å². The van der Waals surface area contributed by atoms with Crippen LogP contribution in [0.15, 0.2) is 53.4 Å². The van der Waals surface area contributed by atoms with Crippen LogP contribution in [0.2, 0.25) is 0 Å². The molecule has 3 rings (SSSR count). The second-order valence-corrected chi connectivity index (χ2v) is 8.92. The Morgan fingerprint density at radius 1 is 1.14 bits per heavy atom. The van der Waals surface area contributed by atoms with Gasteiger partial charge in [0.2, 0.25) is 0 Å². The number of carbonyl (C=O) groups is 2. The fourth-order valence-corrected chi connectivity index (χ4v) is 5.21. The smallest absolute Gasteiger partial charge is 0.338 e. The molecule has 0 saturated heterocycles. The molecule has 0 radical (unpaired) electrons. The van der Waals surface area contributed by atoms with Gasteiger partial charge in [-0.2, -0.15) is 0 Å². The van der Waals surface area contributed by atoms with Gasteiger partial charge in [-0.3, -0.25) is 9.10 Å². The van der Waals surface area contributed by atoms with Crippen LogP contribution in [0.3, 0.4) is 0 Å². The van der Waals surface area contributed by atoms with Crippen molar-refractivity contribution in [2.24, 2.45) is 0 Å². The molecule has 0 spiro atoms. The van der Waals surface area contributed by atoms with Gasteiger partial charge in [0.1, 0.15) is 0 Å². The maximum atomic E-state index is 13.3. The summed E-state index contributed by atoms with van der Waals surface area (Å²) in [6.07, 6.45) is 1.83. The Kier molecular flexibility index (Phi) is 6.37. The van der Waals surface area contributed by atoms with Crippen molar-refractivity contribution in [2.75, 3.05) is 10.8 Å². The van der Waals surface area contributed by atoms with Crippen molar-refractivity contribution in [3.63, 3.8) is 0 Å². The number of nitrogens with zero attached hydrogens (tertiary/aromatic N) is 1. The van der Waals surface area contributed by atoms with E-state index in [1.807, 2.05) is 6.07 Å². The van der Waals surface area contributed by atoms with Crippen molar-refractivity contribution in [1.29, 1.82) is 0 Å². The van der Waals surface area contributed by atoms with E-state index in [9.17, 15) is 18.0 Å². The Labute approximate surface area is 171 Å². The monoisotopic (exact) mass is 415 g/mol. The zero-order valence-electron chi connectivity index (χ0n) is 16.6. The Morgan fingerprint density at radius 2 is 1.86 bits per heavy atom. The standard InChI is InChI=1S/C22H25NO5S/c1-3-23(18-9-5-4-6-10-18)29(26,27)21-15-17(14-13-16(21)2)22(25)28-20-12-8-7-11-19(20)24/h4-6,9-10,13-15,20H,3,7-8,11-12H2,1-2H3/t20-/m0/s1. The third-order valence-electron chi connectivity index (χ3n) is 5.07. The molecule has 0 unspecified atom stereocenters. The van der Waals surface area contributed by atoms with Crippen LogP contribution >= 0.6 is 0 Å². The third-order valence-corrected chi connectivity index (χ3v) is 7.12. The molecule has 0 bridgehead atoms. The van der Waals surface area contributed by atoms with Crippen molar-refractivity contribution >= 4 is 27.5 Å². The van der Waals surface area contributed by atoms with Crippen molar-refractivity contribution in [1.82, 2.24) is 0 Å². The number of sulfonamides is 1. The van der Waals surface area contributed by atoms with E-state index in [4.69, 9.17) is 4.74 Å². The lowest BCUT2D eigenvalue weighted by atomic mass is 9.96. The van der Waals surface area contributed by atoms with E-state index in [0.717, 1.165) is 12.8 Å². The van der Waals surface area contributed by atoms with Crippen LogP contribution in [0.5, 0.6) is 0 Å². The van der Waals surface area contributed by atoms with Crippen LogP contribution in [0, 0.1) is 6.92 Å². The number of ether oxygens (including phenoxy) is 1. The van der Waals surface area contributed by atoms with Gasteiger partial charge in [0, 0.05) is 13.0 Å². The lowest BCUT2D eigenvalue weighted by Crippen LogP contribution is -2.32. The summed E-state index contributed by atoms with van der Waals surface area (Å²) in [6.45, 7) is 3.69. The SMILES string of the molecule is CCN(c1ccccc1)S(=O)(=O)c1cc(C(=O)O[C@H]2CCCCC2=O)ccc1C. The average molecular weight is 416 g/mol. The van der Waals surface area contributed by atoms with Crippen molar-refractivity contribution in [3.8, 4) is 0 Å². The molecule has 0 N–H and O–H groups in total. The number of ketones is 1. The fourth-order valence-electron chi connectivity index (χ4n) is 3.48. The van der Waals surface area contributed by atoms with E-state index in [1.165, 1.54) is 16.4 Å². The summed E-state index contributed by atoms with van der Waals surface area (Å²) in [5.41, 5.74) is 1.21. The molecule has 1 fully saturated rings. The zero-order valence-corrected chi connectivity index (χ0v) is 17.4. The minimum absolute atomic E-state index is 0.0487. The fraction of sp³-hybridized carbons (Fsp3) is 0.364. The number of rotatable bonds is 6. The number of hydrogen-bond acceptors (Lipinski definition) is 5. The molecule has 6 nitrogen and oxygen atoms in total. The molecule has 1 aliphatic rings. The molecule has 29 heavy (non-hydrogen) atoms. The average Bonchev–Trinajstić information content (AvgIpc) is 2.71. The van der Waals surface area contributed by atoms with Gasteiger partial charge in [0.25, 0.3) is 10.0 Å². The summed E-state index contributed by atoms with van der Waals surface area (Å²) in [5, 5.41) is 0. The normalized spacial score (nSPS) is 17.0. The summed E-state index contributed by atoms with van der Waals surface area (Å²) >= 11 is 0. The van der Waals surface area contributed by atoms with E-state index < -0.39 is 22.1 Å². The molecular weight excluding hydrogens is 390 g/mol. The predicted octanol–water partition coefficient (Wildman–Crippen LogP) is 3.88. The van der Waals surface area contributed by atoms with Gasteiger partial charge < -0.3 is 4.74 Å². The van der Waals surface area contributed by atoms with Crippen molar-refractivity contribution in [3.05, 3.63) is 59.7 Å². The first-order chi connectivity index (χ1) is 13.8. The maximum Gasteiger partial charge on any atom is 0.338 e. The maximum absolute atomic E-state index is 13.3. The van der Waals surface area contributed by atoms with Crippen LogP contribution in [-0.4, -0.2) is 32.8 Å². The second kappa shape index (κ2) is 8.78. The lowest BCUT2D eigenvalue weighted by Gasteiger charge is -2.24. The highest BCUT2D eigenvalue weighted by Crippen LogP contribution is 2.27. The number of benzene rings is 2. The number of carbonyl (C=O) groups excluding carboxylic acids is 2.